The summed E-state index contributed by atoms with van der Waals surface area (Å²) in [5.41, 5.74) is 0. The van der Waals surface area contributed by atoms with Gasteiger partial charge in [-0.3, -0.25) is 4.79 Å². The van der Waals surface area contributed by atoms with E-state index in [0.29, 0.717) is 12.5 Å². The normalized spacial score (nSPS) is 34.2. The van der Waals surface area contributed by atoms with Crippen molar-refractivity contribution in [2.45, 2.75) is 51.5 Å². The number of nitrogens with one attached hydrogen (secondary N) is 2. The Balaban J connectivity index is 1.63. The van der Waals surface area contributed by atoms with Crippen LogP contribution in [0.25, 0.3) is 0 Å². The van der Waals surface area contributed by atoms with Gasteiger partial charge in [0, 0.05) is 19.0 Å². The van der Waals surface area contributed by atoms with Gasteiger partial charge in [0.05, 0.1) is 0 Å². The molecule has 2 N–H and O–H groups in total. The van der Waals surface area contributed by atoms with Gasteiger partial charge < -0.3 is 10.6 Å². The number of carbonyl (C=O) groups excluding carboxylic acids is 1. The highest BCUT2D eigenvalue weighted by atomic mass is 16.1. The topological polar surface area (TPSA) is 41.1 Å². The Morgan fingerprint density at radius 3 is 2.81 bits per heavy atom. The van der Waals surface area contributed by atoms with E-state index >= 15 is 0 Å². The average Bonchev–Trinajstić information content (AvgIpc) is 2.87. The lowest BCUT2D eigenvalue weighted by Gasteiger charge is -2.17. The van der Waals surface area contributed by atoms with Crippen molar-refractivity contribution >= 4 is 5.91 Å². The molecule has 0 aromatic heterocycles. The standard InChI is InChI=1S/C13H24N2O/c1-10-4-2-5-11(10)9-15-13(16)8-12-6-3-7-14-12/h10-12,14H,2-9H2,1H3,(H,15,16). The molecule has 3 nitrogen and oxygen atoms in total. The van der Waals surface area contributed by atoms with E-state index in [1.807, 2.05) is 0 Å². The van der Waals surface area contributed by atoms with Gasteiger partial charge in [0.25, 0.3) is 0 Å². The molecule has 0 spiro atoms. The van der Waals surface area contributed by atoms with Gasteiger partial charge in [-0.1, -0.05) is 19.8 Å². The van der Waals surface area contributed by atoms with E-state index < -0.39 is 0 Å². The molecule has 1 saturated heterocycles. The Hall–Kier alpha value is -0.570. The molecule has 1 amide bonds. The third kappa shape index (κ3) is 3.21. The van der Waals surface area contributed by atoms with Crippen LogP contribution in [-0.2, 0) is 4.79 Å². The van der Waals surface area contributed by atoms with Crippen molar-refractivity contribution in [1.29, 1.82) is 0 Å². The first-order chi connectivity index (χ1) is 7.75. The van der Waals surface area contributed by atoms with Crippen molar-refractivity contribution in [2.24, 2.45) is 11.8 Å². The summed E-state index contributed by atoms with van der Waals surface area (Å²) < 4.78 is 0. The molecule has 2 rings (SSSR count). The molecule has 1 aliphatic heterocycles. The Morgan fingerprint density at radius 1 is 1.31 bits per heavy atom. The van der Waals surface area contributed by atoms with Crippen molar-refractivity contribution in [3.63, 3.8) is 0 Å². The smallest absolute Gasteiger partial charge is 0.221 e. The van der Waals surface area contributed by atoms with Crippen LogP contribution in [0.15, 0.2) is 0 Å². The number of hydrogen-bond acceptors (Lipinski definition) is 2. The molecule has 2 aliphatic rings. The van der Waals surface area contributed by atoms with Crippen LogP contribution in [0, 0.1) is 11.8 Å². The molecule has 1 aliphatic carbocycles. The molecular formula is C13H24N2O. The third-order valence-electron chi connectivity index (χ3n) is 4.19. The van der Waals surface area contributed by atoms with Crippen molar-refractivity contribution in [3.05, 3.63) is 0 Å². The van der Waals surface area contributed by atoms with Gasteiger partial charge >= 0.3 is 0 Å². The SMILES string of the molecule is CC1CCCC1CNC(=O)CC1CCCN1. The molecule has 2 fully saturated rings. The number of carbonyl (C=O) groups is 1. The van der Waals surface area contributed by atoms with E-state index in [1.165, 1.54) is 25.7 Å². The zero-order valence-corrected chi connectivity index (χ0v) is 10.3. The van der Waals surface area contributed by atoms with E-state index in [2.05, 4.69) is 17.6 Å². The third-order valence-corrected chi connectivity index (χ3v) is 4.19. The first kappa shape index (κ1) is 11.9. The van der Waals surface area contributed by atoms with Gasteiger partial charge in [0.2, 0.25) is 5.91 Å². The molecule has 3 heteroatoms. The van der Waals surface area contributed by atoms with E-state index in [1.54, 1.807) is 0 Å². The molecule has 3 atom stereocenters. The zero-order valence-electron chi connectivity index (χ0n) is 10.3. The largest absolute Gasteiger partial charge is 0.356 e. The van der Waals surface area contributed by atoms with Gasteiger partial charge in [-0.25, -0.2) is 0 Å². The highest BCUT2D eigenvalue weighted by Gasteiger charge is 2.24. The fourth-order valence-corrected chi connectivity index (χ4v) is 3.00. The quantitative estimate of drug-likeness (QED) is 0.763. The molecule has 3 unspecified atom stereocenters. The summed E-state index contributed by atoms with van der Waals surface area (Å²) in [5.74, 6) is 1.75. The minimum absolute atomic E-state index is 0.235. The van der Waals surface area contributed by atoms with Crippen LogP contribution in [0.1, 0.15) is 45.4 Å². The highest BCUT2D eigenvalue weighted by Crippen LogP contribution is 2.30. The molecule has 0 bridgehead atoms. The Morgan fingerprint density at radius 2 is 2.19 bits per heavy atom. The van der Waals surface area contributed by atoms with Gasteiger partial charge in [0.1, 0.15) is 0 Å². The van der Waals surface area contributed by atoms with Crippen molar-refractivity contribution in [3.8, 4) is 0 Å². The summed E-state index contributed by atoms with van der Waals surface area (Å²) in [7, 11) is 0. The average molecular weight is 224 g/mol. The van der Waals surface area contributed by atoms with Gasteiger partial charge in [-0.2, -0.15) is 0 Å². The van der Waals surface area contributed by atoms with Crippen LogP contribution in [0.4, 0.5) is 0 Å². The predicted molar refractivity (Wildman–Crippen MR) is 65.2 cm³/mol. The van der Waals surface area contributed by atoms with Gasteiger partial charge in [-0.15, -0.1) is 0 Å². The molecular weight excluding hydrogens is 200 g/mol. The van der Waals surface area contributed by atoms with Crippen LogP contribution in [0.3, 0.4) is 0 Å². The van der Waals surface area contributed by atoms with Crippen molar-refractivity contribution < 1.29 is 4.79 Å². The number of rotatable bonds is 4. The molecule has 1 saturated carbocycles. The Kier molecular flexibility index (Phi) is 4.22. The van der Waals surface area contributed by atoms with Crippen molar-refractivity contribution in [2.75, 3.05) is 13.1 Å². The summed E-state index contributed by atoms with van der Waals surface area (Å²) in [4.78, 5) is 11.7. The highest BCUT2D eigenvalue weighted by molar-refractivity contribution is 5.76. The summed E-state index contributed by atoms with van der Waals surface area (Å²) in [5, 5.41) is 6.47. The van der Waals surface area contributed by atoms with Gasteiger partial charge in [-0.05, 0) is 37.6 Å². The van der Waals surface area contributed by atoms with Crippen LogP contribution >= 0.6 is 0 Å². The second kappa shape index (κ2) is 5.67. The number of hydrogen-bond donors (Lipinski definition) is 2. The fraction of sp³-hybridized carbons (Fsp3) is 0.923. The maximum atomic E-state index is 11.7. The first-order valence-electron chi connectivity index (χ1n) is 6.76. The maximum absolute atomic E-state index is 11.7. The van der Waals surface area contributed by atoms with Crippen molar-refractivity contribution in [1.82, 2.24) is 10.6 Å². The van der Waals surface area contributed by atoms with Gasteiger partial charge in [0.15, 0.2) is 0 Å². The molecule has 0 aromatic carbocycles. The lowest BCUT2D eigenvalue weighted by atomic mass is 9.98. The summed E-state index contributed by atoms with van der Waals surface area (Å²) in [6.07, 6.45) is 7.02. The predicted octanol–water partition coefficient (Wildman–Crippen LogP) is 1.68. The maximum Gasteiger partial charge on any atom is 0.221 e. The monoisotopic (exact) mass is 224 g/mol. The molecule has 92 valence electrons. The van der Waals surface area contributed by atoms with Crippen LogP contribution in [0.5, 0.6) is 0 Å². The van der Waals surface area contributed by atoms with E-state index in [9.17, 15) is 4.79 Å². The number of amides is 1. The first-order valence-corrected chi connectivity index (χ1v) is 6.76. The van der Waals surface area contributed by atoms with Crippen LogP contribution in [-0.4, -0.2) is 25.0 Å². The lowest BCUT2D eigenvalue weighted by molar-refractivity contribution is -0.121. The van der Waals surface area contributed by atoms with E-state index in [-0.39, 0.29) is 5.91 Å². The molecule has 16 heavy (non-hydrogen) atoms. The van der Waals surface area contributed by atoms with Crippen LogP contribution < -0.4 is 10.6 Å². The van der Waals surface area contributed by atoms with E-state index in [0.717, 1.165) is 31.3 Å². The molecule has 0 aromatic rings. The molecule has 1 heterocycles. The Bertz CT molecular complexity index is 236. The minimum Gasteiger partial charge on any atom is -0.356 e. The summed E-state index contributed by atoms with van der Waals surface area (Å²) in [6.45, 7) is 4.28. The summed E-state index contributed by atoms with van der Waals surface area (Å²) >= 11 is 0. The fourth-order valence-electron chi connectivity index (χ4n) is 3.00. The second-order valence-electron chi connectivity index (χ2n) is 5.47. The lowest BCUT2D eigenvalue weighted by Crippen LogP contribution is -2.35. The summed E-state index contributed by atoms with van der Waals surface area (Å²) in [6, 6.07) is 0.431. The second-order valence-corrected chi connectivity index (χ2v) is 5.47. The molecule has 0 radical (unpaired) electrons. The van der Waals surface area contributed by atoms with E-state index in [4.69, 9.17) is 0 Å². The Labute approximate surface area is 98.4 Å². The zero-order chi connectivity index (χ0) is 11.4. The minimum atomic E-state index is 0.235. The van der Waals surface area contributed by atoms with Crippen LogP contribution in [0.2, 0.25) is 0 Å².